The Balaban J connectivity index is 1.67. The predicted molar refractivity (Wildman–Crippen MR) is 68.6 cm³/mol. The first-order chi connectivity index (χ1) is 8.94. The Morgan fingerprint density at radius 3 is 2.42 bits per heavy atom. The minimum absolute atomic E-state index is 0.0147. The van der Waals surface area contributed by atoms with Gasteiger partial charge in [-0.05, 0) is 31.0 Å². The Bertz CT molecular complexity index is 524. The van der Waals surface area contributed by atoms with Crippen molar-refractivity contribution in [1.29, 1.82) is 0 Å². The van der Waals surface area contributed by atoms with E-state index in [1.165, 1.54) is 0 Å². The molecule has 2 nitrogen and oxygen atoms in total. The lowest BCUT2D eigenvalue weighted by Crippen LogP contribution is -2.40. The number of amides is 1. The third kappa shape index (κ3) is 2.12. The van der Waals surface area contributed by atoms with E-state index < -0.39 is 11.3 Å². The van der Waals surface area contributed by atoms with E-state index in [2.05, 4.69) is 0 Å². The van der Waals surface area contributed by atoms with E-state index in [9.17, 15) is 13.6 Å². The summed E-state index contributed by atoms with van der Waals surface area (Å²) < 4.78 is 26.5. The number of alkyl halides is 2. The molecule has 1 amide bonds. The fourth-order valence-electron chi connectivity index (χ4n) is 2.87. The molecule has 2 fully saturated rings. The van der Waals surface area contributed by atoms with Gasteiger partial charge in [-0.25, -0.2) is 8.78 Å². The normalized spacial score (nSPS) is 23.4. The highest BCUT2D eigenvalue weighted by Crippen LogP contribution is 2.65. The number of likely N-dealkylation sites (tertiary alicyclic amines) is 1. The molecule has 1 aliphatic heterocycles. The quantitative estimate of drug-likeness (QED) is 0.772. The number of hydrogen-bond donors (Lipinski definition) is 0. The number of benzene rings is 1. The van der Waals surface area contributed by atoms with Gasteiger partial charge in [-0.15, -0.1) is 0 Å². The maximum absolute atomic E-state index is 13.3. The van der Waals surface area contributed by atoms with Crippen molar-refractivity contribution >= 4 is 17.5 Å². The first-order valence-electron chi connectivity index (χ1n) is 6.36. The van der Waals surface area contributed by atoms with Gasteiger partial charge in [0.05, 0.1) is 0 Å². The van der Waals surface area contributed by atoms with Crippen LogP contribution in [0.15, 0.2) is 24.3 Å². The summed E-state index contributed by atoms with van der Waals surface area (Å²) in [5.41, 5.74) is -0.302. The van der Waals surface area contributed by atoms with Gasteiger partial charge in [0, 0.05) is 35.5 Å². The van der Waals surface area contributed by atoms with Crippen LogP contribution in [-0.4, -0.2) is 29.8 Å². The Labute approximate surface area is 115 Å². The largest absolute Gasteiger partial charge is 0.339 e. The van der Waals surface area contributed by atoms with Gasteiger partial charge in [0.1, 0.15) is 0 Å². The van der Waals surface area contributed by atoms with Gasteiger partial charge in [0.2, 0.25) is 0 Å². The number of carbonyl (C=O) groups is 1. The zero-order valence-corrected chi connectivity index (χ0v) is 11.1. The Kier molecular flexibility index (Phi) is 2.82. The Hall–Kier alpha value is -1.16. The van der Waals surface area contributed by atoms with Crippen molar-refractivity contribution in [1.82, 2.24) is 4.90 Å². The second-order valence-corrected chi connectivity index (χ2v) is 5.90. The van der Waals surface area contributed by atoms with E-state index in [-0.39, 0.29) is 12.3 Å². The molecule has 1 aromatic carbocycles. The van der Waals surface area contributed by atoms with Crippen molar-refractivity contribution in [3.05, 3.63) is 34.9 Å². The van der Waals surface area contributed by atoms with Crippen LogP contribution in [-0.2, 0) is 0 Å². The average Bonchev–Trinajstić information content (AvgIpc) is 2.90. The predicted octanol–water partition coefficient (Wildman–Crippen LogP) is 3.60. The number of piperidine rings is 1. The summed E-state index contributed by atoms with van der Waals surface area (Å²) in [4.78, 5) is 13.9. The Morgan fingerprint density at radius 2 is 1.89 bits per heavy atom. The zero-order valence-electron chi connectivity index (χ0n) is 10.3. The molecule has 0 N–H and O–H groups in total. The lowest BCUT2D eigenvalue weighted by atomic mass is 9.92. The number of hydrogen-bond acceptors (Lipinski definition) is 1. The van der Waals surface area contributed by atoms with Crippen molar-refractivity contribution in [2.75, 3.05) is 13.1 Å². The third-order valence-corrected chi connectivity index (χ3v) is 4.53. The van der Waals surface area contributed by atoms with Gasteiger partial charge in [-0.1, -0.05) is 17.7 Å². The summed E-state index contributed by atoms with van der Waals surface area (Å²) in [6.45, 7) is 0.807. The minimum Gasteiger partial charge on any atom is -0.339 e. The fourth-order valence-corrected chi connectivity index (χ4v) is 3.06. The topological polar surface area (TPSA) is 20.3 Å². The van der Waals surface area contributed by atoms with E-state index in [0.29, 0.717) is 36.5 Å². The molecule has 1 saturated carbocycles. The van der Waals surface area contributed by atoms with Crippen molar-refractivity contribution in [2.24, 2.45) is 5.41 Å². The van der Waals surface area contributed by atoms with Gasteiger partial charge >= 0.3 is 0 Å². The third-order valence-electron chi connectivity index (χ3n) is 4.29. The van der Waals surface area contributed by atoms with Crippen LogP contribution in [0.4, 0.5) is 8.78 Å². The summed E-state index contributed by atoms with van der Waals surface area (Å²) >= 11 is 5.85. The van der Waals surface area contributed by atoms with Crippen LogP contribution in [0.1, 0.15) is 29.6 Å². The van der Waals surface area contributed by atoms with Crippen LogP contribution < -0.4 is 0 Å². The van der Waals surface area contributed by atoms with E-state index in [4.69, 9.17) is 11.6 Å². The van der Waals surface area contributed by atoms with Crippen molar-refractivity contribution in [3.63, 3.8) is 0 Å². The molecular weight excluding hydrogens is 272 g/mol. The van der Waals surface area contributed by atoms with Crippen molar-refractivity contribution in [2.45, 2.75) is 25.2 Å². The molecular formula is C14H14ClF2NO. The minimum atomic E-state index is -2.52. The SMILES string of the molecule is O=C(c1cccc(Cl)c1)N1CCC2(CC1)CC2(F)F. The molecule has 102 valence electrons. The molecule has 1 spiro atoms. The second-order valence-electron chi connectivity index (χ2n) is 5.46. The number of halogens is 3. The maximum Gasteiger partial charge on any atom is 0.254 e. The first kappa shape index (κ1) is 12.9. The van der Waals surface area contributed by atoms with Gasteiger partial charge in [-0.2, -0.15) is 0 Å². The molecule has 0 aromatic heterocycles. The van der Waals surface area contributed by atoms with E-state index in [0.717, 1.165) is 0 Å². The van der Waals surface area contributed by atoms with Gasteiger partial charge < -0.3 is 4.90 Å². The summed E-state index contributed by atoms with van der Waals surface area (Å²) in [5.74, 6) is -2.64. The molecule has 2 aliphatic rings. The highest BCUT2D eigenvalue weighted by Gasteiger charge is 2.70. The molecule has 5 heteroatoms. The maximum atomic E-state index is 13.3. The standard InChI is InChI=1S/C14H14ClF2NO/c15-11-3-1-2-10(8-11)12(19)18-6-4-13(5-7-18)9-14(13,16)17/h1-3,8H,4-7,9H2. The van der Waals surface area contributed by atoms with Gasteiger partial charge in [0.15, 0.2) is 0 Å². The molecule has 0 unspecified atom stereocenters. The average molecular weight is 286 g/mol. The molecule has 0 atom stereocenters. The molecule has 19 heavy (non-hydrogen) atoms. The molecule has 0 bridgehead atoms. The Morgan fingerprint density at radius 1 is 1.26 bits per heavy atom. The summed E-state index contributed by atoms with van der Waals surface area (Å²) in [5, 5.41) is 0.507. The fraction of sp³-hybridized carbons (Fsp3) is 0.500. The molecule has 1 heterocycles. The molecule has 3 rings (SSSR count). The summed E-state index contributed by atoms with van der Waals surface area (Å²) in [6.07, 6.45) is 0.776. The number of rotatable bonds is 1. The van der Waals surface area contributed by atoms with Gasteiger partial charge in [0.25, 0.3) is 11.8 Å². The van der Waals surface area contributed by atoms with Crippen LogP contribution in [0.2, 0.25) is 5.02 Å². The molecule has 1 aromatic rings. The lowest BCUT2D eigenvalue weighted by Gasteiger charge is -2.32. The molecule has 1 saturated heterocycles. The van der Waals surface area contributed by atoms with Crippen LogP contribution in [0.5, 0.6) is 0 Å². The zero-order chi connectivity index (χ0) is 13.7. The monoisotopic (exact) mass is 285 g/mol. The highest BCUT2D eigenvalue weighted by molar-refractivity contribution is 6.30. The second kappa shape index (κ2) is 4.17. The van der Waals surface area contributed by atoms with E-state index in [1.54, 1.807) is 29.2 Å². The van der Waals surface area contributed by atoms with E-state index >= 15 is 0 Å². The smallest absolute Gasteiger partial charge is 0.254 e. The summed E-state index contributed by atoms with van der Waals surface area (Å²) in [7, 11) is 0. The van der Waals surface area contributed by atoms with E-state index in [1.807, 2.05) is 0 Å². The van der Waals surface area contributed by atoms with Crippen molar-refractivity contribution in [3.8, 4) is 0 Å². The lowest BCUT2D eigenvalue weighted by molar-refractivity contribution is 0.0284. The van der Waals surface area contributed by atoms with Crippen LogP contribution in [0.25, 0.3) is 0 Å². The van der Waals surface area contributed by atoms with Crippen LogP contribution in [0.3, 0.4) is 0 Å². The molecule has 0 radical (unpaired) electrons. The van der Waals surface area contributed by atoms with Crippen molar-refractivity contribution < 1.29 is 13.6 Å². The van der Waals surface area contributed by atoms with Crippen LogP contribution >= 0.6 is 11.6 Å². The molecule has 1 aliphatic carbocycles. The summed E-state index contributed by atoms with van der Waals surface area (Å²) in [6, 6.07) is 6.73. The number of carbonyl (C=O) groups excluding carboxylic acids is 1. The highest BCUT2D eigenvalue weighted by atomic mass is 35.5. The number of nitrogens with zero attached hydrogens (tertiary/aromatic N) is 1. The first-order valence-corrected chi connectivity index (χ1v) is 6.74. The van der Waals surface area contributed by atoms with Gasteiger partial charge in [-0.3, -0.25) is 4.79 Å². The van der Waals surface area contributed by atoms with Crippen LogP contribution in [0, 0.1) is 5.41 Å².